The van der Waals surface area contributed by atoms with E-state index in [9.17, 15) is 21.2 Å². The zero-order valence-electron chi connectivity index (χ0n) is 12.0. The highest BCUT2D eigenvalue weighted by molar-refractivity contribution is 7.91. The van der Waals surface area contributed by atoms with Crippen LogP contribution in [-0.4, -0.2) is 40.5 Å². The highest BCUT2D eigenvalue weighted by Crippen LogP contribution is 2.34. The van der Waals surface area contributed by atoms with Crippen LogP contribution in [0.4, 0.5) is 4.39 Å². The van der Waals surface area contributed by atoms with Gasteiger partial charge in [0, 0.05) is 36.7 Å². The Morgan fingerprint density at radius 3 is 2.50 bits per heavy atom. The van der Waals surface area contributed by atoms with Gasteiger partial charge in [-0.25, -0.2) is 21.2 Å². The number of halogens is 1. The molecule has 3 rings (SSSR count). The Balaban J connectivity index is 2.45. The first-order valence-electron chi connectivity index (χ1n) is 6.52. The molecule has 120 valence electrons. The van der Waals surface area contributed by atoms with E-state index in [2.05, 4.69) is 5.32 Å². The molecule has 22 heavy (non-hydrogen) atoms. The van der Waals surface area contributed by atoms with Gasteiger partial charge in [-0.3, -0.25) is 0 Å². The van der Waals surface area contributed by atoms with Crippen molar-refractivity contribution in [3.63, 3.8) is 0 Å². The molecule has 0 radical (unpaired) electrons. The molecule has 1 unspecified atom stereocenters. The van der Waals surface area contributed by atoms with E-state index in [-0.39, 0.29) is 22.3 Å². The van der Waals surface area contributed by atoms with E-state index < -0.39 is 30.9 Å². The summed E-state index contributed by atoms with van der Waals surface area (Å²) in [5.74, 6) is -0.635. The third-order valence-electron chi connectivity index (χ3n) is 3.80. The monoisotopic (exact) mass is 346 g/mol. The lowest BCUT2D eigenvalue weighted by atomic mass is 10.2. The third kappa shape index (κ3) is 2.33. The van der Waals surface area contributed by atoms with Gasteiger partial charge in [0.25, 0.3) is 0 Å². The molecule has 1 aromatic heterocycles. The van der Waals surface area contributed by atoms with E-state index in [0.29, 0.717) is 12.2 Å². The average Bonchev–Trinajstić information content (AvgIpc) is 2.75. The maximum absolute atomic E-state index is 14.3. The van der Waals surface area contributed by atoms with E-state index in [1.165, 1.54) is 10.6 Å². The predicted octanol–water partition coefficient (Wildman–Crippen LogP) is 0.830. The largest absolute Gasteiger partial charge is 0.322 e. The molecule has 0 spiro atoms. The van der Waals surface area contributed by atoms with Crippen molar-refractivity contribution in [2.75, 3.05) is 19.1 Å². The predicted molar refractivity (Wildman–Crippen MR) is 80.6 cm³/mol. The van der Waals surface area contributed by atoms with Crippen molar-refractivity contribution in [3.05, 3.63) is 29.7 Å². The van der Waals surface area contributed by atoms with E-state index in [1.807, 2.05) is 0 Å². The first kappa shape index (κ1) is 15.4. The van der Waals surface area contributed by atoms with Crippen LogP contribution in [0.15, 0.2) is 23.1 Å². The van der Waals surface area contributed by atoms with Crippen LogP contribution in [0.3, 0.4) is 0 Å². The van der Waals surface area contributed by atoms with Crippen LogP contribution in [0.2, 0.25) is 0 Å². The highest BCUT2D eigenvalue weighted by atomic mass is 32.2. The van der Waals surface area contributed by atoms with Crippen molar-refractivity contribution in [3.8, 4) is 0 Å². The van der Waals surface area contributed by atoms with Gasteiger partial charge in [-0.1, -0.05) is 0 Å². The lowest BCUT2D eigenvalue weighted by Gasteiger charge is -2.26. The van der Waals surface area contributed by atoms with E-state index in [0.717, 1.165) is 18.6 Å². The van der Waals surface area contributed by atoms with Crippen LogP contribution in [0.1, 0.15) is 11.1 Å². The molecule has 2 heterocycles. The zero-order valence-corrected chi connectivity index (χ0v) is 13.6. The quantitative estimate of drug-likeness (QED) is 0.814. The molecule has 9 heteroatoms. The molecule has 0 saturated heterocycles. The standard InChI is InChI=1S/C13H15FN2O4S2/c1-21(17,18)11-4-3-10(14)13-9(11)5-8-6-15-7-12(16(8)13)22(2,19)20/h3-5,12,15H,6-7H2,1-2H3. The minimum absolute atomic E-state index is 0.00180. The molecular formula is C13H15FN2O4S2. The third-order valence-corrected chi connectivity index (χ3v) is 6.32. The van der Waals surface area contributed by atoms with Crippen molar-refractivity contribution in [2.24, 2.45) is 0 Å². The van der Waals surface area contributed by atoms with E-state index >= 15 is 0 Å². The van der Waals surface area contributed by atoms with E-state index in [4.69, 9.17) is 0 Å². The maximum Gasteiger partial charge on any atom is 0.176 e. The fourth-order valence-corrected chi connectivity index (χ4v) is 4.79. The first-order valence-corrected chi connectivity index (χ1v) is 10.4. The van der Waals surface area contributed by atoms with E-state index in [1.54, 1.807) is 6.07 Å². The van der Waals surface area contributed by atoms with Gasteiger partial charge in [0.2, 0.25) is 0 Å². The van der Waals surface area contributed by atoms with Gasteiger partial charge in [0.1, 0.15) is 11.2 Å². The Morgan fingerprint density at radius 1 is 1.23 bits per heavy atom. The fraction of sp³-hybridized carbons (Fsp3) is 0.385. The lowest BCUT2D eigenvalue weighted by molar-refractivity contribution is 0.475. The molecule has 2 aromatic rings. The minimum Gasteiger partial charge on any atom is -0.322 e. The van der Waals surface area contributed by atoms with Crippen molar-refractivity contribution in [1.82, 2.24) is 9.88 Å². The lowest BCUT2D eigenvalue weighted by Crippen LogP contribution is -2.36. The number of benzene rings is 1. The molecule has 1 atom stereocenters. The summed E-state index contributed by atoms with van der Waals surface area (Å²) >= 11 is 0. The van der Waals surface area contributed by atoms with Crippen molar-refractivity contribution >= 4 is 30.6 Å². The number of hydrogen-bond acceptors (Lipinski definition) is 5. The molecule has 0 saturated carbocycles. The molecule has 0 fully saturated rings. The summed E-state index contributed by atoms with van der Waals surface area (Å²) in [6.45, 7) is 0.501. The number of nitrogens with one attached hydrogen (secondary N) is 1. The van der Waals surface area contributed by atoms with Crippen molar-refractivity contribution in [2.45, 2.75) is 16.8 Å². The second-order valence-corrected chi connectivity index (χ2v) is 9.69. The Morgan fingerprint density at radius 2 is 1.91 bits per heavy atom. The van der Waals surface area contributed by atoms with Gasteiger partial charge < -0.3 is 9.88 Å². The van der Waals surface area contributed by atoms with Crippen LogP contribution in [0.25, 0.3) is 10.9 Å². The molecule has 0 aliphatic carbocycles. The summed E-state index contributed by atoms with van der Waals surface area (Å²) in [4.78, 5) is -0.00180. The molecule has 1 aliphatic heterocycles. The van der Waals surface area contributed by atoms with Gasteiger partial charge in [-0.15, -0.1) is 0 Å². The van der Waals surface area contributed by atoms with Gasteiger partial charge in [-0.05, 0) is 18.2 Å². The SMILES string of the molecule is CS(=O)(=O)c1ccc(F)c2c1cc1n2C(S(C)(=O)=O)CNC1. The second-order valence-electron chi connectivity index (χ2n) is 5.50. The topological polar surface area (TPSA) is 85.2 Å². The summed E-state index contributed by atoms with van der Waals surface area (Å²) in [5, 5.41) is 2.22. The van der Waals surface area contributed by atoms with Crippen LogP contribution in [-0.2, 0) is 26.2 Å². The maximum atomic E-state index is 14.3. The smallest absolute Gasteiger partial charge is 0.176 e. The first-order chi connectivity index (χ1) is 10.1. The Hall–Kier alpha value is -1.45. The average molecular weight is 346 g/mol. The van der Waals surface area contributed by atoms with Crippen LogP contribution < -0.4 is 5.32 Å². The summed E-state index contributed by atoms with van der Waals surface area (Å²) in [6, 6.07) is 3.81. The Bertz CT molecular complexity index is 977. The summed E-state index contributed by atoms with van der Waals surface area (Å²) in [5.41, 5.74) is 0.571. The molecule has 1 aliphatic rings. The fourth-order valence-electron chi connectivity index (χ4n) is 2.87. The molecule has 0 bridgehead atoms. The Labute approximate surface area is 127 Å². The minimum atomic E-state index is -3.55. The number of nitrogens with zero attached hydrogens (tertiary/aromatic N) is 1. The summed E-state index contributed by atoms with van der Waals surface area (Å²) < 4.78 is 63.4. The van der Waals surface area contributed by atoms with Gasteiger partial charge >= 0.3 is 0 Å². The molecule has 1 N–H and O–H groups in total. The van der Waals surface area contributed by atoms with Gasteiger partial charge in [0.15, 0.2) is 19.7 Å². The van der Waals surface area contributed by atoms with Crippen LogP contribution in [0.5, 0.6) is 0 Å². The number of rotatable bonds is 2. The van der Waals surface area contributed by atoms with Crippen LogP contribution in [0, 0.1) is 5.82 Å². The number of fused-ring (bicyclic) bond motifs is 3. The second kappa shape index (κ2) is 4.77. The normalized spacial score (nSPS) is 19.3. The molecule has 6 nitrogen and oxygen atoms in total. The van der Waals surface area contributed by atoms with Crippen LogP contribution >= 0.6 is 0 Å². The number of sulfone groups is 2. The molecule has 0 amide bonds. The summed E-state index contributed by atoms with van der Waals surface area (Å²) in [7, 11) is -7.03. The summed E-state index contributed by atoms with van der Waals surface area (Å²) in [6.07, 6.45) is 2.13. The van der Waals surface area contributed by atoms with Crippen molar-refractivity contribution < 1.29 is 21.2 Å². The number of aromatic nitrogens is 1. The molecular weight excluding hydrogens is 331 g/mol. The highest BCUT2D eigenvalue weighted by Gasteiger charge is 2.31. The zero-order chi connectivity index (χ0) is 16.3. The van der Waals surface area contributed by atoms with Gasteiger partial charge in [0.05, 0.1) is 10.4 Å². The van der Waals surface area contributed by atoms with Crippen molar-refractivity contribution in [1.29, 1.82) is 0 Å². The van der Waals surface area contributed by atoms with Gasteiger partial charge in [-0.2, -0.15) is 0 Å². The molecule has 1 aromatic carbocycles. The number of hydrogen-bond donors (Lipinski definition) is 1. The Kier molecular flexibility index (Phi) is 3.35.